The Labute approximate surface area is 185 Å². The molecule has 170 valence electrons. The summed E-state index contributed by atoms with van der Waals surface area (Å²) in [5, 5.41) is 0. The Bertz CT molecular complexity index is 770. The Hall–Kier alpha value is -1.97. The first-order valence-corrected chi connectivity index (χ1v) is 11.7. The van der Waals surface area contributed by atoms with Gasteiger partial charge in [0.2, 0.25) is 0 Å². The van der Waals surface area contributed by atoms with Crippen molar-refractivity contribution in [1.82, 2.24) is 0 Å². The van der Waals surface area contributed by atoms with Crippen molar-refractivity contribution in [3.05, 3.63) is 65.2 Å². The summed E-state index contributed by atoms with van der Waals surface area (Å²) >= 11 is 0. The molecule has 0 unspecified atom stereocenters. The van der Waals surface area contributed by atoms with Crippen LogP contribution in [0, 0.1) is 11.8 Å². The Kier molecular flexibility index (Phi) is 8.45. The van der Waals surface area contributed by atoms with Crippen molar-refractivity contribution in [3.63, 3.8) is 0 Å². The summed E-state index contributed by atoms with van der Waals surface area (Å²) in [7, 11) is 0. The summed E-state index contributed by atoms with van der Waals surface area (Å²) in [6, 6.07) is 15.1. The molecular formula is C27H35F3O. The van der Waals surface area contributed by atoms with Crippen molar-refractivity contribution in [3.8, 4) is 5.75 Å². The monoisotopic (exact) mass is 432 g/mol. The summed E-state index contributed by atoms with van der Waals surface area (Å²) in [6.07, 6.45) is 6.48. The summed E-state index contributed by atoms with van der Waals surface area (Å²) in [5.41, 5.74) is 3.73. The highest BCUT2D eigenvalue weighted by Crippen LogP contribution is 2.38. The number of halogens is 3. The number of alkyl halides is 3. The summed E-state index contributed by atoms with van der Waals surface area (Å²) < 4.78 is 40.7. The van der Waals surface area contributed by atoms with Crippen LogP contribution < -0.4 is 4.74 Å². The standard InChI is InChI=1S/C27H35F3O/c1-20(2)4-3-5-21-8-14-24(15-9-21)25-16-10-22(11-17-25)6-7-23-12-18-26(19-13-23)31-27(28,29)30/h10-13,16-21,24H,3-9,14-15H2,1-2H3. The van der Waals surface area contributed by atoms with Crippen molar-refractivity contribution in [2.45, 2.75) is 83.9 Å². The highest BCUT2D eigenvalue weighted by molar-refractivity contribution is 5.30. The van der Waals surface area contributed by atoms with E-state index in [9.17, 15) is 13.2 Å². The average Bonchev–Trinajstić information content (AvgIpc) is 2.73. The van der Waals surface area contributed by atoms with Crippen molar-refractivity contribution in [1.29, 1.82) is 0 Å². The third kappa shape index (κ3) is 8.23. The number of ether oxygens (including phenoxy) is 1. The Morgan fingerprint density at radius 2 is 1.39 bits per heavy atom. The molecule has 1 fully saturated rings. The Morgan fingerprint density at radius 3 is 1.90 bits per heavy atom. The van der Waals surface area contributed by atoms with Gasteiger partial charge in [-0.1, -0.05) is 69.5 Å². The average molecular weight is 433 g/mol. The fourth-order valence-corrected chi connectivity index (χ4v) is 4.70. The molecule has 0 N–H and O–H groups in total. The quantitative estimate of drug-likeness (QED) is 0.386. The maximum Gasteiger partial charge on any atom is 0.573 e. The normalized spacial score (nSPS) is 19.5. The van der Waals surface area contributed by atoms with E-state index in [1.165, 1.54) is 68.2 Å². The zero-order valence-corrected chi connectivity index (χ0v) is 18.8. The molecule has 2 aromatic rings. The predicted octanol–water partition coefficient (Wildman–Crippen LogP) is 8.47. The van der Waals surface area contributed by atoms with E-state index in [-0.39, 0.29) is 5.75 Å². The topological polar surface area (TPSA) is 9.23 Å². The lowest BCUT2D eigenvalue weighted by molar-refractivity contribution is -0.274. The Morgan fingerprint density at radius 1 is 0.839 bits per heavy atom. The van der Waals surface area contributed by atoms with Crippen molar-refractivity contribution in [2.75, 3.05) is 0 Å². The van der Waals surface area contributed by atoms with E-state index in [0.29, 0.717) is 5.92 Å². The maximum atomic E-state index is 12.3. The van der Waals surface area contributed by atoms with E-state index in [4.69, 9.17) is 0 Å². The van der Waals surface area contributed by atoms with E-state index in [1.807, 2.05) is 0 Å². The van der Waals surface area contributed by atoms with Crippen LogP contribution in [-0.2, 0) is 12.8 Å². The van der Waals surface area contributed by atoms with Crippen LogP contribution >= 0.6 is 0 Å². The van der Waals surface area contributed by atoms with Gasteiger partial charge in [0, 0.05) is 0 Å². The fourth-order valence-electron chi connectivity index (χ4n) is 4.70. The molecule has 4 heteroatoms. The van der Waals surface area contributed by atoms with Crippen molar-refractivity contribution < 1.29 is 17.9 Å². The van der Waals surface area contributed by atoms with Gasteiger partial charge in [0.1, 0.15) is 5.75 Å². The molecule has 1 aliphatic carbocycles. The van der Waals surface area contributed by atoms with Crippen molar-refractivity contribution >= 4 is 0 Å². The maximum absolute atomic E-state index is 12.3. The highest BCUT2D eigenvalue weighted by Gasteiger charge is 2.30. The molecule has 0 bridgehead atoms. The molecule has 0 aliphatic heterocycles. The first kappa shape index (κ1) is 23.7. The second kappa shape index (κ2) is 11.1. The van der Waals surface area contributed by atoms with E-state index in [2.05, 4.69) is 42.8 Å². The van der Waals surface area contributed by atoms with Crippen LogP contribution in [0.25, 0.3) is 0 Å². The van der Waals surface area contributed by atoms with Gasteiger partial charge in [-0.15, -0.1) is 13.2 Å². The smallest absolute Gasteiger partial charge is 0.406 e. The van der Waals surface area contributed by atoms with E-state index in [1.54, 1.807) is 12.1 Å². The molecule has 0 saturated heterocycles. The molecule has 1 aliphatic rings. The lowest BCUT2D eigenvalue weighted by Gasteiger charge is -2.29. The zero-order valence-electron chi connectivity index (χ0n) is 18.8. The molecule has 31 heavy (non-hydrogen) atoms. The van der Waals surface area contributed by atoms with Crippen LogP contribution in [0.15, 0.2) is 48.5 Å². The molecule has 1 saturated carbocycles. The Balaban J connectivity index is 1.42. The van der Waals surface area contributed by atoms with Gasteiger partial charge in [0.05, 0.1) is 0 Å². The molecule has 3 rings (SSSR count). The number of aryl methyl sites for hydroxylation is 2. The molecule has 0 radical (unpaired) electrons. The second-order valence-corrected chi connectivity index (χ2v) is 9.48. The van der Waals surface area contributed by atoms with Crippen LogP contribution in [-0.4, -0.2) is 6.36 Å². The molecule has 0 spiro atoms. The third-order valence-electron chi connectivity index (χ3n) is 6.55. The number of rotatable bonds is 9. The third-order valence-corrected chi connectivity index (χ3v) is 6.55. The molecule has 0 amide bonds. The van der Waals surface area contributed by atoms with Gasteiger partial charge < -0.3 is 4.74 Å². The summed E-state index contributed by atoms with van der Waals surface area (Å²) in [4.78, 5) is 0. The van der Waals surface area contributed by atoms with Gasteiger partial charge in [0.15, 0.2) is 0 Å². The summed E-state index contributed by atoms with van der Waals surface area (Å²) in [6.45, 7) is 4.62. The first-order valence-electron chi connectivity index (χ1n) is 11.7. The van der Waals surface area contributed by atoms with Gasteiger partial charge >= 0.3 is 6.36 Å². The highest BCUT2D eigenvalue weighted by atomic mass is 19.4. The van der Waals surface area contributed by atoms with E-state index >= 15 is 0 Å². The van der Waals surface area contributed by atoms with Gasteiger partial charge in [-0.25, -0.2) is 0 Å². The minimum absolute atomic E-state index is 0.171. The van der Waals surface area contributed by atoms with Crippen LogP contribution in [0.4, 0.5) is 13.2 Å². The molecule has 0 heterocycles. The molecule has 1 nitrogen and oxygen atoms in total. The van der Waals surface area contributed by atoms with Gasteiger partial charge in [-0.05, 0) is 85.1 Å². The largest absolute Gasteiger partial charge is 0.573 e. The molecule has 0 atom stereocenters. The van der Waals surface area contributed by atoms with Crippen LogP contribution in [0.1, 0.15) is 81.4 Å². The second-order valence-electron chi connectivity index (χ2n) is 9.48. The van der Waals surface area contributed by atoms with Crippen LogP contribution in [0.3, 0.4) is 0 Å². The molecule has 2 aromatic carbocycles. The predicted molar refractivity (Wildman–Crippen MR) is 120 cm³/mol. The summed E-state index contributed by atoms with van der Waals surface area (Å²) in [5.74, 6) is 2.26. The first-order chi connectivity index (χ1) is 14.8. The van der Waals surface area contributed by atoms with Crippen molar-refractivity contribution in [2.24, 2.45) is 11.8 Å². The molecular weight excluding hydrogens is 397 g/mol. The minimum Gasteiger partial charge on any atom is -0.406 e. The number of benzene rings is 2. The fraction of sp³-hybridized carbons (Fsp3) is 0.556. The van der Waals surface area contributed by atoms with Crippen LogP contribution in [0.5, 0.6) is 5.75 Å². The zero-order chi connectivity index (χ0) is 22.3. The number of hydrogen-bond donors (Lipinski definition) is 0. The number of hydrogen-bond acceptors (Lipinski definition) is 1. The minimum atomic E-state index is -4.64. The SMILES string of the molecule is CC(C)CCCC1CCC(c2ccc(CCc3ccc(OC(F)(F)F)cc3)cc2)CC1. The lowest BCUT2D eigenvalue weighted by atomic mass is 9.77. The van der Waals surface area contributed by atoms with Gasteiger partial charge in [-0.3, -0.25) is 0 Å². The van der Waals surface area contributed by atoms with Gasteiger partial charge in [0.25, 0.3) is 0 Å². The van der Waals surface area contributed by atoms with E-state index in [0.717, 1.165) is 30.2 Å². The van der Waals surface area contributed by atoms with Gasteiger partial charge in [-0.2, -0.15) is 0 Å². The van der Waals surface area contributed by atoms with Crippen LogP contribution in [0.2, 0.25) is 0 Å². The van der Waals surface area contributed by atoms with E-state index < -0.39 is 6.36 Å². The molecule has 0 aromatic heterocycles. The lowest BCUT2D eigenvalue weighted by Crippen LogP contribution is -2.17.